The number of pyridine rings is 2. The van der Waals surface area contributed by atoms with Crippen molar-refractivity contribution in [3.05, 3.63) is 60.6 Å². The highest BCUT2D eigenvalue weighted by Crippen LogP contribution is 2.37. The highest BCUT2D eigenvalue weighted by atomic mass is 16.5. The highest BCUT2D eigenvalue weighted by Gasteiger charge is 2.25. The Hall–Kier alpha value is -3.87. The summed E-state index contributed by atoms with van der Waals surface area (Å²) in [5.74, 6) is 2.36. The third kappa shape index (κ3) is 3.70. The Balaban J connectivity index is 1.50. The molecule has 1 fully saturated rings. The second-order valence-corrected chi connectivity index (χ2v) is 7.43. The van der Waals surface area contributed by atoms with Crippen molar-refractivity contribution in [2.45, 2.75) is 18.9 Å². The number of carbonyl (C=O) groups excluding carboxylic acids is 1. The molecule has 0 saturated heterocycles. The first kappa shape index (κ1) is 19.1. The van der Waals surface area contributed by atoms with Crippen LogP contribution < -0.4 is 19.5 Å². The van der Waals surface area contributed by atoms with Crippen molar-refractivity contribution < 1.29 is 19.0 Å². The molecular formula is C24H21N3O4. The van der Waals surface area contributed by atoms with Gasteiger partial charge in [-0.05, 0) is 54.6 Å². The number of rotatable bonds is 6. The Morgan fingerprint density at radius 2 is 1.68 bits per heavy atom. The number of nitrogens with zero attached hydrogens (tertiary/aromatic N) is 2. The minimum Gasteiger partial charge on any atom is -0.493 e. The van der Waals surface area contributed by atoms with Gasteiger partial charge in [0.1, 0.15) is 17.2 Å². The van der Waals surface area contributed by atoms with E-state index in [1.54, 1.807) is 32.7 Å². The van der Waals surface area contributed by atoms with Gasteiger partial charge in [-0.1, -0.05) is 0 Å². The van der Waals surface area contributed by atoms with Gasteiger partial charge in [0.15, 0.2) is 11.5 Å². The normalized spacial score (nSPS) is 13.2. The molecule has 4 aromatic rings. The summed E-state index contributed by atoms with van der Waals surface area (Å²) in [6.45, 7) is 0. The summed E-state index contributed by atoms with van der Waals surface area (Å²) in [7, 11) is 3.18. The number of hydrogen-bond acceptors (Lipinski definition) is 6. The fourth-order valence-corrected chi connectivity index (χ4v) is 3.55. The number of carbonyl (C=O) groups is 1. The summed E-state index contributed by atoms with van der Waals surface area (Å²) >= 11 is 0. The smallest absolute Gasteiger partial charge is 0.270 e. The lowest BCUT2D eigenvalue weighted by Gasteiger charge is -2.13. The summed E-state index contributed by atoms with van der Waals surface area (Å²) in [6.07, 6.45) is 5.40. The van der Waals surface area contributed by atoms with Crippen LogP contribution in [0.4, 0.5) is 0 Å². The van der Waals surface area contributed by atoms with Crippen LogP contribution in [0.3, 0.4) is 0 Å². The Bertz CT molecular complexity index is 1300. The molecule has 2 heterocycles. The largest absolute Gasteiger partial charge is 0.493 e. The highest BCUT2D eigenvalue weighted by molar-refractivity contribution is 6.05. The molecule has 0 spiro atoms. The standard InChI is InChI=1S/C24H21N3O4/c1-29-21-12-18-19(13-22(21)30-2)25-10-8-20(18)31-16-5-6-17-14(11-16)7-9-26-23(17)24(28)27-15-3-4-15/h5-13,15H,3-4H2,1-2H3,(H,27,28). The van der Waals surface area contributed by atoms with E-state index in [0.717, 1.165) is 34.5 Å². The predicted molar refractivity (Wildman–Crippen MR) is 117 cm³/mol. The van der Waals surface area contributed by atoms with Crippen LogP contribution in [0.2, 0.25) is 0 Å². The minimum atomic E-state index is -0.136. The lowest BCUT2D eigenvalue weighted by atomic mass is 10.1. The molecule has 31 heavy (non-hydrogen) atoms. The van der Waals surface area contributed by atoms with Gasteiger partial charge in [-0.2, -0.15) is 0 Å². The van der Waals surface area contributed by atoms with Gasteiger partial charge in [-0.15, -0.1) is 0 Å². The average molecular weight is 415 g/mol. The molecule has 0 unspecified atom stereocenters. The first-order valence-corrected chi connectivity index (χ1v) is 10.0. The third-order valence-electron chi connectivity index (χ3n) is 5.30. The van der Waals surface area contributed by atoms with E-state index in [1.165, 1.54) is 0 Å². The Morgan fingerprint density at radius 1 is 0.903 bits per heavy atom. The minimum absolute atomic E-state index is 0.136. The second kappa shape index (κ2) is 7.75. The molecule has 0 atom stereocenters. The molecule has 1 N–H and O–H groups in total. The number of fused-ring (bicyclic) bond motifs is 2. The zero-order valence-electron chi connectivity index (χ0n) is 17.2. The van der Waals surface area contributed by atoms with E-state index in [0.29, 0.717) is 28.7 Å². The van der Waals surface area contributed by atoms with Crippen LogP contribution >= 0.6 is 0 Å². The number of benzene rings is 2. The monoisotopic (exact) mass is 415 g/mol. The van der Waals surface area contributed by atoms with Gasteiger partial charge in [-0.3, -0.25) is 14.8 Å². The summed E-state index contributed by atoms with van der Waals surface area (Å²) in [5, 5.41) is 5.47. The number of ether oxygens (including phenoxy) is 3. The maximum atomic E-state index is 12.5. The van der Waals surface area contributed by atoms with Crippen molar-refractivity contribution in [2.24, 2.45) is 0 Å². The quantitative estimate of drug-likeness (QED) is 0.500. The molecule has 5 rings (SSSR count). The number of amides is 1. The van der Waals surface area contributed by atoms with Crippen LogP contribution in [0.5, 0.6) is 23.0 Å². The molecule has 0 radical (unpaired) electrons. The SMILES string of the molecule is COc1cc2nccc(Oc3ccc4c(C(=O)NC5CC5)nccc4c3)c2cc1OC. The van der Waals surface area contributed by atoms with E-state index in [2.05, 4.69) is 15.3 Å². The maximum absolute atomic E-state index is 12.5. The lowest BCUT2D eigenvalue weighted by Crippen LogP contribution is -2.26. The zero-order chi connectivity index (χ0) is 21.4. The molecular weight excluding hydrogens is 394 g/mol. The van der Waals surface area contributed by atoms with Crippen LogP contribution in [0.1, 0.15) is 23.3 Å². The van der Waals surface area contributed by atoms with Gasteiger partial charge in [0.2, 0.25) is 0 Å². The van der Waals surface area contributed by atoms with Gasteiger partial charge in [0, 0.05) is 35.3 Å². The molecule has 7 heteroatoms. The van der Waals surface area contributed by atoms with Crippen molar-refractivity contribution >= 4 is 27.6 Å². The molecule has 156 valence electrons. The first-order chi connectivity index (χ1) is 15.2. The zero-order valence-corrected chi connectivity index (χ0v) is 17.2. The van der Waals surface area contributed by atoms with E-state index in [-0.39, 0.29) is 11.9 Å². The molecule has 7 nitrogen and oxygen atoms in total. The van der Waals surface area contributed by atoms with Crippen molar-refractivity contribution in [2.75, 3.05) is 14.2 Å². The molecule has 1 aliphatic carbocycles. The molecule has 2 aromatic heterocycles. The summed E-state index contributed by atoms with van der Waals surface area (Å²) < 4.78 is 17.0. The molecule has 0 bridgehead atoms. The van der Waals surface area contributed by atoms with Crippen LogP contribution in [-0.2, 0) is 0 Å². The van der Waals surface area contributed by atoms with Crippen LogP contribution in [0, 0.1) is 0 Å². The predicted octanol–water partition coefficient (Wildman–Crippen LogP) is 4.48. The lowest BCUT2D eigenvalue weighted by molar-refractivity contribution is 0.0948. The number of methoxy groups -OCH3 is 2. The van der Waals surface area contributed by atoms with E-state index < -0.39 is 0 Å². The Morgan fingerprint density at radius 3 is 2.45 bits per heavy atom. The van der Waals surface area contributed by atoms with E-state index in [4.69, 9.17) is 14.2 Å². The average Bonchev–Trinajstić information content (AvgIpc) is 3.61. The summed E-state index contributed by atoms with van der Waals surface area (Å²) in [6, 6.07) is 13.2. The van der Waals surface area contributed by atoms with Gasteiger partial charge < -0.3 is 19.5 Å². The summed E-state index contributed by atoms with van der Waals surface area (Å²) in [5.41, 5.74) is 1.17. The Labute approximate surface area is 179 Å². The Kier molecular flexibility index (Phi) is 4.78. The van der Waals surface area contributed by atoms with Crippen LogP contribution in [0.15, 0.2) is 54.9 Å². The molecule has 0 aliphatic heterocycles. The fourth-order valence-electron chi connectivity index (χ4n) is 3.55. The molecule has 2 aromatic carbocycles. The van der Waals surface area contributed by atoms with Crippen molar-refractivity contribution in [1.82, 2.24) is 15.3 Å². The van der Waals surface area contributed by atoms with E-state index >= 15 is 0 Å². The van der Waals surface area contributed by atoms with Crippen molar-refractivity contribution in [3.8, 4) is 23.0 Å². The van der Waals surface area contributed by atoms with Gasteiger partial charge in [0.05, 0.1) is 19.7 Å². The fraction of sp³-hybridized carbons (Fsp3) is 0.208. The van der Waals surface area contributed by atoms with Gasteiger partial charge in [-0.25, -0.2) is 0 Å². The van der Waals surface area contributed by atoms with Crippen LogP contribution in [0.25, 0.3) is 21.7 Å². The van der Waals surface area contributed by atoms with Gasteiger partial charge >= 0.3 is 0 Å². The number of nitrogens with one attached hydrogen (secondary N) is 1. The topological polar surface area (TPSA) is 82.6 Å². The maximum Gasteiger partial charge on any atom is 0.270 e. The van der Waals surface area contributed by atoms with E-state index in [1.807, 2.05) is 36.4 Å². The van der Waals surface area contributed by atoms with Gasteiger partial charge in [0.25, 0.3) is 5.91 Å². The molecule has 1 amide bonds. The van der Waals surface area contributed by atoms with Crippen molar-refractivity contribution in [1.29, 1.82) is 0 Å². The molecule has 1 aliphatic rings. The number of aromatic nitrogens is 2. The summed E-state index contributed by atoms with van der Waals surface area (Å²) in [4.78, 5) is 21.2. The second-order valence-electron chi connectivity index (χ2n) is 7.43. The van der Waals surface area contributed by atoms with Crippen LogP contribution in [-0.4, -0.2) is 36.1 Å². The third-order valence-corrected chi connectivity index (χ3v) is 5.30. The van der Waals surface area contributed by atoms with E-state index in [9.17, 15) is 4.79 Å². The number of hydrogen-bond donors (Lipinski definition) is 1. The molecule has 1 saturated carbocycles. The first-order valence-electron chi connectivity index (χ1n) is 10.0. The van der Waals surface area contributed by atoms with Crippen molar-refractivity contribution in [3.63, 3.8) is 0 Å².